The number of hydrogen-bond acceptors (Lipinski definition) is 4. The normalized spacial score (nSPS) is 24.5. The molecule has 35 heavy (non-hydrogen) atoms. The molecule has 2 aliphatic carbocycles. The van der Waals surface area contributed by atoms with Gasteiger partial charge in [0, 0.05) is 12.3 Å². The molecule has 0 amide bonds. The summed E-state index contributed by atoms with van der Waals surface area (Å²) in [6, 6.07) is 17.1. The van der Waals surface area contributed by atoms with Crippen molar-refractivity contribution in [2.45, 2.75) is 89.6 Å². The zero-order valence-electron chi connectivity index (χ0n) is 21.3. The predicted octanol–water partition coefficient (Wildman–Crippen LogP) is 7.50. The van der Waals surface area contributed by atoms with Gasteiger partial charge in [-0.25, -0.2) is 0 Å². The lowest BCUT2D eigenvalue weighted by Crippen LogP contribution is -2.31. The lowest BCUT2D eigenvalue weighted by Gasteiger charge is -2.31. The van der Waals surface area contributed by atoms with Crippen molar-refractivity contribution >= 4 is 11.8 Å². The Morgan fingerprint density at radius 3 is 1.91 bits per heavy atom. The fourth-order valence-electron chi connectivity index (χ4n) is 5.71. The third kappa shape index (κ3) is 6.74. The van der Waals surface area contributed by atoms with Crippen LogP contribution in [-0.4, -0.2) is 25.0 Å². The first-order chi connectivity index (χ1) is 17.1. The largest absolute Gasteiger partial charge is 0.497 e. The smallest absolute Gasteiger partial charge is 0.309 e. The third-order valence-corrected chi connectivity index (χ3v) is 8.06. The van der Waals surface area contributed by atoms with Gasteiger partial charge in [0.1, 0.15) is 17.6 Å². The van der Waals surface area contributed by atoms with E-state index in [9.17, 15) is 9.59 Å². The molecule has 0 radical (unpaired) electrons. The molecule has 2 aromatic rings. The number of carbonyl (C=O) groups is 2. The van der Waals surface area contributed by atoms with Crippen molar-refractivity contribution in [3.05, 3.63) is 54.1 Å². The molecule has 0 spiro atoms. The molecule has 4 heteroatoms. The van der Waals surface area contributed by atoms with Crippen LogP contribution in [0.4, 0.5) is 0 Å². The summed E-state index contributed by atoms with van der Waals surface area (Å²) in [5.74, 6) is 1.91. The Hall–Kier alpha value is -2.62. The molecule has 0 saturated heterocycles. The van der Waals surface area contributed by atoms with E-state index in [1.54, 1.807) is 7.11 Å². The molecule has 0 N–H and O–H groups in total. The topological polar surface area (TPSA) is 52.6 Å². The van der Waals surface area contributed by atoms with Gasteiger partial charge in [0.15, 0.2) is 0 Å². The van der Waals surface area contributed by atoms with Crippen molar-refractivity contribution in [3.63, 3.8) is 0 Å². The first-order valence-corrected chi connectivity index (χ1v) is 13.5. The van der Waals surface area contributed by atoms with Crippen LogP contribution in [0.25, 0.3) is 11.1 Å². The Bertz CT molecular complexity index is 946. The maximum absolute atomic E-state index is 12.8. The molecule has 0 atom stereocenters. The molecule has 0 bridgehead atoms. The molecule has 4 nitrogen and oxygen atoms in total. The van der Waals surface area contributed by atoms with Gasteiger partial charge in [0.2, 0.25) is 0 Å². The summed E-state index contributed by atoms with van der Waals surface area (Å²) in [6.07, 6.45) is 10.1. The summed E-state index contributed by atoms with van der Waals surface area (Å²) in [5, 5.41) is 0. The monoisotopic (exact) mass is 476 g/mol. The van der Waals surface area contributed by atoms with Crippen molar-refractivity contribution in [1.29, 1.82) is 0 Å². The molecule has 0 aliphatic heterocycles. The third-order valence-electron chi connectivity index (χ3n) is 8.06. The van der Waals surface area contributed by atoms with Gasteiger partial charge in [-0.1, -0.05) is 49.7 Å². The number of benzene rings is 2. The Kier molecular flexibility index (Phi) is 9.01. The average molecular weight is 477 g/mol. The Labute approximate surface area is 210 Å². The van der Waals surface area contributed by atoms with E-state index in [0.717, 1.165) is 70.0 Å². The molecule has 2 saturated carbocycles. The number of unbranched alkanes of at least 4 members (excludes halogenated alkanes) is 1. The molecule has 188 valence electrons. The van der Waals surface area contributed by atoms with Crippen LogP contribution in [0.3, 0.4) is 0 Å². The van der Waals surface area contributed by atoms with Crippen LogP contribution in [0.2, 0.25) is 0 Å². The highest BCUT2D eigenvalue weighted by Crippen LogP contribution is 2.37. The maximum Gasteiger partial charge on any atom is 0.309 e. The van der Waals surface area contributed by atoms with Crippen molar-refractivity contribution in [1.82, 2.24) is 0 Å². The van der Waals surface area contributed by atoms with Crippen LogP contribution in [-0.2, 0) is 14.3 Å². The second-order valence-corrected chi connectivity index (χ2v) is 10.4. The van der Waals surface area contributed by atoms with E-state index in [4.69, 9.17) is 9.47 Å². The molecular weight excluding hydrogens is 436 g/mol. The van der Waals surface area contributed by atoms with E-state index in [1.807, 2.05) is 12.1 Å². The minimum absolute atomic E-state index is 0.0200. The Balaban J connectivity index is 1.21. The fraction of sp³-hybridized carbons (Fsp3) is 0.548. The highest BCUT2D eigenvalue weighted by Gasteiger charge is 2.32. The van der Waals surface area contributed by atoms with Crippen LogP contribution in [0, 0.1) is 11.8 Å². The van der Waals surface area contributed by atoms with Gasteiger partial charge in [0.05, 0.1) is 13.0 Å². The average Bonchev–Trinajstić information content (AvgIpc) is 2.92. The van der Waals surface area contributed by atoms with Crippen molar-refractivity contribution in [3.8, 4) is 16.9 Å². The van der Waals surface area contributed by atoms with Gasteiger partial charge >= 0.3 is 5.97 Å². The van der Waals surface area contributed by atoms with E-state index in [0.29, 0.717) is 18.1 Å². The van der Waals surface area contributed by atoms with Gasteiger partial charge in [0.25, 0.3) is 0 Å². The van der Waals surface area contributed by atoms with E-state index in [-0.39, 0.29) is 23.9 Å². The van der Waals surface area contributed by atoms with Gasteiger partial charge < -0.3 is 9.47 Å². The summed E-state index contributed by atoms with van der Waals surface area (Å²) in [4.78, 5) is 25.1. The number of ketones is 1. The summed E-state index contributed by atoms with van der Waals surface area (Å²) in [6.45, 7) is 2.12. The lowest BCUT2D eigenvalue weighted by atomic mass is 9.79. The molecule has 0 heterocycles. The number of rotatable bonds is 9. The molecule has 2 fully saturated rings. The van der Waals surface area contributed by atoms with E-state index >= 15 is 0 Å². The zero-order chi connectivity index (χ0) is 24.6. The van der Waals surface area contributed by atoms with Crippen molar-refractivity contribution < 1.29 is 19.1 Å². The number of carbonyl (C=O) groups excluding carboxylic acids is 2. The quantitative estimate of drug-likeness (QED) is 0.352. The van der Waals surface area contributed by atoms with Gasteiger partial charge in [-0.2, -0.15) is 0 Å². The summed E-state index contributed by atoms with van der Waals surface area (Å²) >= 11 is 0. The van der Waals surface area contributed by atoms with E-state index in [2.05, 4.69) is 43.3 Å². The summed E-state index contributed by atoms with van der Waals surface area (Å²) in [5.41, 5.74) is 3.77. The van der Waals surface area contributed by atoms with Crippen molar-refractivity contribution in [2.75, 3.05) is 7.11 Å². The standard InChI is InChI=1S/C31H40O4/c1-3-4-5-30(32)26-10-12-27(13-11-26)31(33)35-29-20-16-25(17-21-29)23-8-6-22(7-9-23)24-14-18-28(34-2)19-15-24/h6-9,14-15,18-19,25-27,29H,3-5,10-13,16-17,20-21H2,1-2H3/t25-,26-,27-,29-. The van der Waals surface area contributed by atoms with Crippen LogP contribution in [0.1, 0.15) is 89.0 Å². The van der Waals surface area contributed by atoms with Gasteiger partial charge in [-0.3, -0.25) is 9.59 Å². The first-order valence-electron chi connectivity index (χ1n) is 13.5. The maximum atomic E-state index is 12.8. The number of methoxy groups -OCH3 is 1. The summed E-state index contributed by atoms with van der Waals surface area (Å²) < 4.78 is 11.2. The predicted molar refractivity (Wildman–Crippen MR) is 139 cm³/mol. The van der Waals surface area contributed by atoms with Gasteiger partial charge in [-0.05, 0) is 92.5 Å². The molecule has 0 unspecified atom stereocenters. The fourth-order valence-corrected chi connectivity index (χ4v) is 5.71. The Morgan fingerprint density at radius 2 is 1.34 bits per heavy atom. The van der Waals surface area contributed by atoms with Gasteiger partial charge in [-0.15, -0.1) is 0 Å². The SMILES string of the molecule is CCCCC(=O)[C@H]1CC[C@H](C(=O)O[C@H]2CC[C@H](c3ccc(-c4ccc(OC)cc4)cc3)CC2)CC1. The second-order valence-electron chi connectivity index (χ2n) is 10.4. The van der Waals surface area contributed by atoms with E-state index < -0.39 is 0 Å². The highest BCUT2D eigenvalue weighted by atomic mass is 16.5. The van der Waals surface area contributed by atoms with Crippen LogP contribution >= 0.6 is 0 Å². The van der Waals surface area contributed by atoms with Crippen LogP contribution in [0.5, 0.6) is 5.75 Å². The second kappa shape index (κ2) is 12.4. The number of Topliss-reactive ketones (excluding diaryl/α,β-unsaturated/α-hetero) is 1. The number of ether oxygens (including phenoxy) is 2. The van der Waals surface area contributed by atoms with Crippen LogP contribution in [0.15, 0.2) is 48.5 Å². The minimum atomic E-state index is -0.0308. The summed E-state index contributed by atoms with van der Waals surface area (Å²) in [7, 11) is 1.68. The Morgan fingerprint density at radius 1 is 0.771 bits per heavy atom. The van der Waals surface area contributed by atoms with Crippen molar-refractivity contribution in [2.24, 2.45) is 11.8 Å². The van der Waals surface area contributed by atoms with E-state index in [1.165, 1.54) is 16.7 Å². The number of hydrogen-bond donors (Lipinski definition) is 0. The highest BCUT2D eigenvalue weighted by molar-refractivity contribution is 5.81. The molecule has 4 rings (SSSR count). The first kappa shape index (κ1) is 25.5. The molecule has 2 aliphatic rings. The number of esters is 1. The van der Waals surface area contributed by atoms with Crippen LogP contribution < -0.4 is 4.74 Å². The molecular formula is C31H40O4. The minimum Gasteiger partial charge on any atom is -0.497 e. The molecule has 0 aromatic heterocycles. The molecule has 2 aromatic carbocycles. The zero-order valence-corrected chi connectivity index (χ0v) is 21.3. The lowest BCUT2D eigenvalue weighted by molar-refractivity contribution is -0.157.